The molecule has 0 saturated carbocycles. The fourth-order valence-electron chi connectivity index (χ4n) is 3.58. The topological polar surface area (TPSA) is 88.8 Å². The van der Waals surface area contributed by atoms with Gasteiger partial charge in [-0.05, 0) is 43.5 Å². The Morgan fingerprint density at radius 3 is 2.56 bits per heavy atom. The van der Waals surface area contributed by atoms with Crippen LogP contribution in [-0.4, -0.2) is 36.9 Å². The number of nitrogens with zero attached hydrogens (tertiary/aromatic N) is 1. The maximum absolute atomic E-state index is 12.5. The Labute approximate surface area is 187 Å². The van der Waals surface area contributed by atoms with Gasteiger partial charge in [0.1, 0.15) is 11.3 Å². The van der Waals surface area contributed by atoms with E-state index in [0.29, 0.717) is 30.0 Å². The van der Waals surface area contributed by atoms with Gasteiger partial charge in [-0.2, -0.15) is 0 Å². The zero-order chi connectivity index (χ0) is 23.1. The molecule has 7 nitrogen and oxygen atoms in total. The third kappa shape index (κ3) is 5.55. The molecule has 0 bridgehead atoms. The molecule has 0 saturated heterocycles. The van der Waals surface area contributed by atoms with Crippen molar-refractivity contribution >= 4 is 22.8 Å². The van der Waals surface area contributed by atoms with Crippen LogP contribution in [0.15, 0.2) is 57.7 Å². The average Bonchev–Trinajstić information content (AvgIpc) is 2.81. The van der Waals surface area contributed by atoms with Crippen molar-refractivity contribution < 1.29 is 18.7 Å². The molecule has 7 heteroatoms. The van der Waals surface area contributed by atoms with Crippen LogP contribution in [0.25, 0.3) is 11.0 Å². The Kier molecular flexibility index (Phi) is 7.65. The van der Waals surface area contributed by atoms with Crippen LogP contribution in [0.5, 0.6) is 5.75 Å². The number of methoxy groups -OCH3 is 1. The Morgan fingerprint density at radius 2 is 1.88 bits per heavy atom. The number of hydrogen-bond acceptors (Lipinski definition) is 5. The highest BCUT2D eigenvalue weighted by molar-refractivity contribution is 5.85. The molecule has 0 atom stereocenters. The van der Waals surface area contributed by atoms with Gasteiger partial charge < -0.3 is 19.4 Å². The van der Waals surface area contributed by atoms with E-state index in [0.717, 1.165) is 16.5 Å². The Balaban J connectivity index is 1.58. The maximum Gasteiger partial charge on any atom is 0.339 e. The molecule has 2 aromatic carbocycles. The number of fused-ring (bicyclic) bond motifs is 1. The second kappa shape index (κ2) is 10.6. The molecule has 1 N–H and O–H groups in total. The molecular weight excluding hydrogens is 408 g/mol. The van der Waals surface area contributed by atoms with Gasteiger partial charge in [-0.15, -0.1) is 0 Å². The number of ether oxygens (including phenoxy) is 1. The standard InChI is InChI=1S/C25H28N2O5/c1-4-27(16-18-8-6-5-7-9-18)24(29)15-26-23(28)13-12-21-17(2)20-11-10-19(31-3)14-22(20)32-25(21)30/h5-11,14H,4,12-13,15-16H2,1-3H3,(H,26,28). The van der Waals surface area contributed by atoms with Crippen molar-refractivity contribution in [3.8, 4) is 5.75 Å². The highest BCUT2D eigenvalue weighted by Crippen LogP contribution is 2.24. The van der Waals surface area contributed by atoms with E-state index in [2.05, 4.69) is 5.32 Å². The fourth-order valence-corrected chi connectivity index (χ4v) is 3.58. The van der Waals surface area contributed by atoms with E-state index in [4.69, 9.17) is 9.15 Å². The van der Waals surface area contributed by atoms with Crippen molar-refractivity contribution in [3.05, 3.63) is 75.6 Å². The third-order valence-electron chi connectivity index (χ3n) is 5.48. The minimum absolute atomic E-state index is 0.0788. The largest absolute Gasteiger partial charge is 0.497 e. The first kappa shape index (κ1) is 23.1. The third-order valence-corrected chi connectivity index (χ3v) is 5.48. The number of hydrogen-bond donors (Lipinski definition) is 1. The van der Waals surface area contributed by atoms with Gasteiger partial charge >= 0.3 is 5.63 Å². The SMILES string of the molecule is CCN(Cc1ccccc1)C(=O)CNC(=O)CCc1c(C)c2ccc(OC)cc2oc1=O. The second-order valence-electron chi connectivity index (χ2n) is 7.53. The van der Waals surface area contributed by atoms with Gasteiger partial charge in [0.2, 0.25) is 11.8 Å². The van der Waals surface area contributed by atoms with E-state index in [1.54, 1.807) is 24.1 Å². The molecule has 0 aliphatic carbocycles. The van der Waals surface area contributed by atoms with Crippen molar-refractivity contribution in [3.63, 3.8) is 0 Å². The van der Waals surface area contributed by atoms with Crippen LogP contribution < -0.4 is 15.7 Å². The Hall–Kier alpha value is -3.61. The minimum Gasteiger partial charge on any atom is -0.497 e. The summed E-state index contributed by atoms with van der Waals surface area (Å²) in [6, 6.07) is 15.0. The first-order valence-electron chi connectivity index (χ1n) is 10.6. The molecule has 1 aromatic heterocycles. The van der Waals surface area contributed by atoms with Crippen molar-refractivity contribution in [2.75, 3.05) is 20.2 Å². The number of benzene rings is 2. The summed E-state index contributed by atoms with van der Waals surface area (Å²) >= 11 is 0. The predicted molar refractivity (Wildman–Crippen MR) is 123 cm³/mol. The lowest BCUT2D eigenvalue weighted by molar-refractivity contribution is -0.133. The molecule has 0 spiro atoms. The molecule has 168 valence electrons. The summed E-state index contributed by atoms with van der Waals surface area (Å²) in [7, 11) is 1.55. The van der Waals surface area contributed by atoms with Crippen LogP contribution in [0.3, 0.4) is 0 Å². The summed E-state index contributed by atoms with van der Waals surface area (Å²) in [5, 5.41) is 3.47. The molecule has 0 aliphatic heterocycles. The van der Waals surface area contributed by atoms with E-state index in [1.165, 1.54) is 0 Å². The number of carbonyl (C=O) groups excluding carboxylic acids is 2. The number of amides is 2. The highest BCUT2D eigenvalue weighted by atomic mass is 16.5. The molecule has 1 heterocycles. The van der Waals surface area contributed by atoms with Crippen molar-refractivity contribution in [1.82, 2.24) is 10.2 Å². The van der Waals surface area contributed by atoms with Crippen molar-refractivity contribution in [1.29, 1.82) is 0 Å². The van der Waals surface area contributed by atoms with Gasteiger partial charge in [0.05, 0.1) is 13.7 Å². The number of likely N-dealkylation sites (N-methyl/N-ethyl adjacent to an activating group) is 1. The van der Waals surface area contributed by atoms with Gasteiger partial charge in [-0.1, -0.05) is 30.3 Å². The van der Waals surface area contributed by atoms with Crippen LogP contribution in [0.4, 0.5) is 0 Å². The van der Waals surface area contributed by atoms with Crippen molar-refractivity contribution in [2.24, 2.45) is 0 Å². The zero-order valence-corrected chi connectivity index (χ0v) is 18.6. The Bertz CT molecular complexity index is 1150. The normalized spacial score (nSPS) is 10.7. The summed E-state index contributed by atoms with van der Waals surface area (Å²) in [5.74, 6) is 0.160. The molecule has 3 rings (SSSR count). The lowest BCUT2D eigenvalue weighted by Gasteiger charge is -2.21. The monoisotopic (exact) mass is 436 g/mol. The quantitative estimate of drug-likeness (QED) is 0.521. The van der Waals surface area contributed by atoms with E-state index in [-0.39, 0.29) is 31.2 Å². The lowest BCUT2D eigenvalue weighted by atomic mass is 10.0. The minimum atomic E-state index is -0.466. The number of rotatable bonds is 9. The summed E-state index contributed by atoms with van der Waals surface area (Å²) in [6.07, 6.45) is 0.322. The van der Waals surface area contributed by atoms with Gasteiger partial charge in [0, 0.05) is 36.5 Å². The first-order chi connectivity index (χ1) is 15.4. The lowest BCUT2D eigenvalue weighted by Crippen LogP contribution is -2.39. The summed E-state index contributed by atoms with van der Waals surface area (Å²) in [6.45, 7) is 4.70. The first-order valence-corrected chi connectivity index (χ1v) is 10.6. The molecule has 32 heavy (non-hydrogen) atoms. The molecular formula is C25H28N2O5. The molecule has 2 amide bonds. The Morgan fingerprint density at radius 1 is 1.12 bits per heavy atom. The smallest absolute Gasteiger partial charge is 0.339 e. The predicted octanol–water partition coefficient (Wildman–Crippen LogP) is 3.21. The number of aryl methyl sites for hydroxylation is 1. The maximum atomic E-state index is 12.5. The van der Waals surface area contributed by atoms with Crippen LogP contribution in [0.1, 0.15) is 30.0 Å². The van der Waals surface area contributed by atoms with Crippen molar-refractivity contribution in [2.45, 2.75) is 33.2 Å². The van der Waals surface area contributed by atoms with Gasteiger partial charge in [0.25, 0.3) is 0 Å². The van der Waals surface area contributed by atoms with Gasteiger partial charge in [-0.3, -0.25) is 9.59 Å². The molecule has 0 aliphatic rings. The van der Waals surface area contributed by atoms with E-state index in [9.17, 15) is 14.4 Å². The average molecular weight is 437 g/mol. The van der Waals surface area contributed by atoms with Crippen LogP contribution in [0.2, 0.25) is 0 Å². The van der Waals surface area contributed by atoms with Crippen LogP contribution in [0, 0.1) is 6.92 Å². The highest BCUT2D eigenvalue weighted by Gasteiger charge is 2.16. The van der Waals surface area contributed by atoms with Crippen LogP contribution >= 0.6 is 0 Å². The summed E-state index contributed by atoms with van der Waals surface area (Å²) < 4.78 is 10.6. The second-order valence-corrected chi connectivity index (χ2v) is 7.53. The van der Waals surface area contributed by atoms with E-state index >= 15 is 0 Å². The molecule has 0 radical (unpaired) electrons. The van der Waals surface area contributed by atoms with E-state index < -0.39 is 5.63 Å². The van der Waals surface area contributed by atoms with Gasteiger partial charge in [0.15, 0.2) is 0 Å². The zero-order valence-electron chi connectivity index (χ0n) is 18.6. The summed E-state index contributed by atoms with van der Waals surface area (Å²) in [4.78, 5) is 38.9. The fraction of sp³-hybridized carbons (Fsp3) is 0.320. The van der Waals surface area contributed by atoms with Gasteiger partial charge in [-0.25, -0.2) is 4.79 Å². The number of carbonyl (C=O) groups is 2. The molecule has 3 aromatic rings. The summed E-state index contributed by atoms with van der Waals surface area (Å²) in [5.41, 5.74) is 2.26. The van der Waals surface area contributed by atoms with E-state index in [1.807, 2.05) is 50.2 Å². The molecule has 0 fully saturated rings. The number of nitrogens with one attached hydrogen (secondary N) is 1. The molecule has 0 unspecified atom stereocenters. The van der Waals surface area contributed by atoms with Crippen LogP contribution in [-0.2, 0) is 22.6 Å².